The third-order valence-electron chi connectivity index (χ3n) is 3.14. The molecule has 0 atom stereocenters. The standard InChI is InChI=1S/C14H10BrIN2O2S/c15-14-10-8-13(16)18(12(10)7-6-11(14)17)21(19,20)9-4-2-1-3-5-9/h1-8H,17H2. The molecule has 2 N–H and O–H groups in total. The van der Waals surface area contributed by atoms with Gasteiger partial charge in [0, 0.05) is 15.5 Å². The van der Waals surface area contributed by atoms with Crippen LogP contribution in [0.4, 0.5) is 5.69 Å². The fourth-order valence-electron chi connectivity index (χ4n) is 2.15. The number of aromatic nitrogens is 1. The first kappa shape index (κ1) is 14.9. The Balaban J connectivity index is 2.36. The highest BCUT2D eigenvalue weighted by molar-refractivity contribution is 14.1. The van der Waals surface area contributed by atoms with Crippen LogP contribution in [0, 0.1) is 3.70 Å². The Morgan fingerprint density at radius 2 is 1.76 bits per heavy atom. The molecule has 0 aliphatic carbocycles. The lowest BCUT2D eigenvalue weighted by Crippen LogP contribution is -2.14. The van der Waals surface area contributed by atoms with Crippen LogP contribution in [-0.4, -0.2) is 12.4 Å². The first-order valence-corrected chi connectivity index (χ1v) is 9.29. The summed E-state index contributed by atoms with van der Waals surface area (Å²) in [5.41, 5.74) is 7.04. The Kier molecular flexibility index (Phi) is 3.74. The van der Waals surface area contributed by atoms with Crippen LogP contribution >= 0.6 is 38.5 Å². The summed E-state index contributed by atoms with van der Waals surface area (Å²) in [7, 11) is -3.64. The minimum atomic E-state index is -3.64. The summed E-state index contributed by atoms with van der Waals surface area (Å²) in [6.45, 7) is 0. The molecule has 3 aromatic rings. The lowest BCUT2D eigenvalue weighted by Gasteiger charge is -2.09. The average molecular weight is 477 g/mol. The number of anilines is 1. The van der Waals surface area contributed by atoms with Crippen LogP contribution in [0.1, 0.15) is 0 Å². The summed E-state index contributed by atoms with van der Waals surface area (Å²) >= 11 is 5.43. The van der Waals surface area contributed by atoms with Crippen LogP contribution in [0.25, 0.3) is 10.9 Å². The van der Waals surface area contributed by atoms with Gasteiger partial charge in [0.2, 0.25) is 0 Å². The normalized spacial score (nSPS) is 11.9. The van der Waals surface area contributed by atoms with E-state index < -0.39 is 10.0 Å². The molecule has 2 aromatic carbocycles. The molecule has 108 valence electrons. The smallest absolute Gasteiger partial charge is 0.269 e. The van der Waals surface area contributed by atoms with Crippen LogP contribution in [0.3, 0.4) is 0 Å². The summed E-state index contributed by atoms with van der Waals surface area (Å²) < 4.78 is 28.3. The number of nitrogens with two attached hydrogens (primary N) is 1. The van der Waals surface area contributed by atoms with Gasteiger partial charge in [0.05, 0.1) is 14.1 Å². The number of hydrogen-bond donors (Lipinski definition) is 1. The van der Waals surface area contributed by atoms with Crippen molar-refractivity contribution in [1.82, 2.24) is 3.97 Å². The molecule has 1 aromatic heterocycles. The van der Waals surface area contributed by atoms with Crippen molar-refractivity contribution < 1.29 is 8.42 Å². The molecule has 0 saturated heterocycles. The molecular formula is C14H10BrIN2O2S. The topological polar surface area (TPSA) is 65.1 Å². The molecule has 0 aliphatic heterocycles. The van der Waals surface area contributed by atoms with Crippen LogP contribution in [0.5, 0.6) is 0 Å². The Labute approximate surface area is 144 Å². The number of hydrogen-bond acceptors (Lipinski definition) is 3. The third kappa shape index (κ3) is 2.36. The van der Waals surface area contributed by atoms with Gasteiger partial charge in [-0.15, -0.1) is 0 Å². The van der Waals surface area contributed by atoms with Crippen molar-refractivity contribution in [3.05, 3.63) is 56.7 Å². The predicted octanol–water partition coefficient (Wildman–Crippen LogP) is 3.83. The van der Waals surface area contributed by atoms with Gasteiger partial charge in [-0.05, 0) is 68.9 Å². The minimum absolute atomic E-state index is 0.258. The zero-order valence-corrected chi connectivity index (χ0v) is 15.2. The predicted molar refractivity (Wildman–Crippen MR) is 95.8 cm³/mol. The van der Waals surface area contributed by atoms with Gasteiger partial charge in [-0.3, -0.25) is 0 Å². The number of rotatable bonds is 2. The maximum Gasteiger partial charge on any atom is 0.269 e. The highest BCUT2D eigenvalue weighted by Gasteiger charge is 2.23. The maximum absolute atomic E-state index is 12.8. The van der Waals surface area contributed by atoms with Gasteiger partial charge in [0.15, 0.2) is 0 Å². The quantitative estimate of drug-likeness (QED) is 0.451. The Morgan fingerprint density at radius 1 is 1.10 bits per heavy atom. The highest BCUT2D eigenvalue weighted by atomic mass is 127. The van der Waals surface area contributed by atoms with Gasteiger partial charge in [0.1, 0.15) is 0 Å². The second kappa shape index (κ2) is 5.29. The van der Waals surface area contributed by atoms with E-state index in [4.69, 9.17) is 5.73 Å². The van der Waals surface area contributed by atoms with E-state index in [-0.39, 0.29) is 4.90 Å². The highest BCUT2D eigenvalue weighted by Crippen LogP contribution is 2.34. The van der Waals surface area contributed by atoms with E-state index in [2.05, 4.69) is 15.9 Å². The van der Waals surface area contributed by atoms with Crippen molar-refractivity contribution in [2.24, 2.45) is 0 Å². The third-order valence-corrected chi connectivity index (χ3v) is 6.89. The van der Waals surface area contributed by atoms with Gasteiger partial charge in [-0.2, -0.15) is 0 Å². The molecule has 0 saturated carbocycles. The SMILES string of the molecule is Nc1ccc2c(cc(I)n2S(=O)(=O)c2ccccc2)c1Br. The van der Waals surface area contributed by atoms with Gasteiger partial charge < -0.3 is 5.73 Å². The van der Waals surface area contributed by atoms with Crippen molar-refractivity contribution >= 4 is 65.1 Å². The van der Waals surface area contributed by atoms with Gasteiger partial charge >= 0.3 is 0 Å². The summed E-state index contributed by atoms with van der Waals surface area (Å²) in [4.78, 5) is 0.258. The Bertz CT molecular complexity index is 937. The Morgan fingerprint density at radius 3 is 2.43 bits per heavy atom. The molecule has 3 rings (SSSR count). The molecule has 0 bridgehead atoms. The van der Waals surface area contributed by atoms with E-state index in [9.17, 15) is 8.42 Å². The molecule has 0 spiro atoms. The first-order chi connectivity index (χ1) is 9.93. The van der Waals surface area contributed by atoms with Crippen molar-refractivity contribution in [3.63, 3.8) is 0 Å². The number of fused-ring (bicyclic) bond motifs is 1. The van der Waals surface area contributed by atoms with Crippen molar-refractivity contribution in [3.8, 4) is 0 Å². The lowest BCUT2D eigenvalue weighted by molar-refractivity contribution is 0.588. The molecule has 4 nitrogen and oxygen atoms in total. The van der Waals surface area contributed by atoms with Crippen LogP contribution < -0.4 is 5.73 Å². The summed E-state index contributed by atoms with van der Waals surface area (Å²) in [6.07, 6.45) is 0. The number of nitrogens with zero attached hydrogens (tertiary/aromatic N) is 1. The van der Waals surface area contributed by atoms with Gasteiger partial charge in [0.25, 0.3) is 10.0 Å². The van der Waals surface area contributed by atoms with Gasteiger partial charge in [-0.25, -0.2) is 12.4 Å². The molecule has 0 aliphatic rings. The van der Waals surface area contributed by atoms with E-state index in [0.29, 0.717) is 19.4 Å². The number of nitrogen functional groups attached to an aromatic ring is 1. The fourth-order valence-corrected chi connectivity index (χ4v) is 5.36. The second-order valence-corrected chi connectivity index (χ2v) is 8.14. The summed E-state index contributed by atoms with van der Waals surface area (Å²) in [6, 6.07) is 13.6. The molecule has 1 heterocycles. The largest absolute Gasteiger partial charge is 0.398 e. The zero-order chi connectivity index (χ0) is 15.2. The van der Waals surface area contributed by atoms with Crippen LogP contribution in [0.2, 0.25) is 0 Å². The molecular weight excluding hydrogens is 467 g/mol. The maximum atomic E-state index is 12.8. The molecule has 0 radical (unpaired) electrons. The van der Waals surface area contributed by atoms with E-state index in [0.717, 1.165) is 5.39 Å². The second-order valence-electron chi connectivity index (χ2n) is 4.45. The first-order valence-electron chi connectivity index (χ1n) is 5.98. The zero-order valence-electron chi connectivity index (χ0n) is 10.6. The van der Waals surface area contributed by atoms with Crippen molar-refractivity contribution in [1.29, 1.82) is 0 Å². The van der Waals surface area contributed by atoms with Crippen molar-refractivity contribution in [2.75, 3.05) is 5.73 Å². The fraction of sp³-hybridized carbons (Fsp3) is 0. The molecule has 0 unspecified atom stereocenters. The number of halogens is 2. The lowest BCUT2D eigenvalue weighted by atomic mass is 10.2. The monoisotopic (exact) mass is 476 g/mol. The summed E-state index contributed by atoms with van der Waals surface area (Å²) in [5, 5.41) is 0.777. The van der Waals surface area contributed by atoms with Gasteiger partial charge in [-0.1, -0.05) is 18.2 Å². The Hall–Kier alpha value is -1.06. The van der Waals surface area contributed by atoms with Crippen LogP contribution in [0.15, 0.2) is 57.9 Å². The van der Waals surface area contributed by atoms with E-state index in [1.807, 2.05) is 22.6 Å². The van der Waals surface area contributed by atoms with E-state index in [1.165, 1.54) is 3.97 Å². The molecule has 7 heteroatoms. The van der Waals surface area contributed by atoms with E-state index in [1.54, 1.807) is 48.5 Å². The summed E-state index contributed by atoms with van der Waals surface area (Å²) in [5.74, 6) is 0. The number of benzene rings is 2. The van der Waals surface area contributed by atoms with E-state index >= 15 is 0 Å². The molecule has 0 amide bonds. The van der Waals surface area contributed by atoms with Crippen molar-refractivity contribution in [2.45, 2.75) is 4.90 Å². The molecule has 0 fully saturated rings. The molecule has 21 heavy (non-hydrogen) atoms. The van der Waals surface area contributed by atoms with Crippen LogP contribution in [-0.2, 0) is 10.0 Å². The average Bonchev–Trinajstić information content (AvgIpc) is 2.82. The minimum Gasteiger partial charge on any atom is -0.398 e.